The standard InChI is InChI=1S/C17H26FN3/c1-13(19)16-11-14(18)5-6-17(16)21-10-7-15(12-21)20-8-3-2-4-9-20/h5-6,11,13,15H,2-4,7-10,12,19H2,1H3/t13-,15?/m0/s1. The van der Waals surface area contributed by atoms with Gasteiger partial charge >= 0.3 is 0 Å². The van der Waals surface area contributed by atoms with Crippen LogP contribution in [0.1, 0.15) is 44.2 Å². The molecule has 0 bridgehead atoms. The molecule has 2 saturated heterocycles. The second kappa shape index (κ2) is 6.32. The van der Waals surface area contributed by atoms with Crippen LogP contribution in [0.5, 0.6) is 0 Å². The van der Waals surface area contributed by atoms with Crippen molar-refractivity contribution in [1.82, 2.24) is 4.90 Å². The minimum atomic E-state index is -0.196. The van der Waals surface area contributed by atoms with Crippen LogP contribution in [-0.4, -0.2) is 37.1 Å². The molecular weight excluding hydrogens is 265 g/mol. The van der Waals surface area contributed by atoms with Gasteiger partial charge in [0.1, 0.15) is 5.82 Å². The Hall–Kier alpha value is -1.13. The first-order valence-corrected chi connectivity index (χ1v) is 8.19. The summed E-state index contributed by atoms with van der Waals surface area (Å²) in [6.07, 6.45) is 5.24. The molecule has 2 aliphatic rings. The maximum Gasteiger partial charge on any atom is 0.123 e. The van der Waals surface area contributed by atoms with Gasteiger partial charge in [0.2, 0.25) is 0 Å². The third-order valence-electron chi connectivity index (χ3n) is 4.89. The Labute approximate surface area is 126 Å². The molecule has 2 atom stereocenters. The smallest absolute Gasteiger partial charge is 0.123 e. The van der Waals surface area contributed by atoms with Crippen LogP contribution in [0.2, 0.25) is 0 Å². The van der Waals surface area contributed by atoms with Crippen LogP contribution in [0.15, 0.2) is 18.2 Å². The van der Waals surface area contributed by atoms with E-state index in [9.17, 15) is 4.39 Å². The first kappa shape index (κ1) is 14.8. The van der Waals surface area contributed by atoms with Crippen molar-refractivity contribution in [2.45, 2.75) is 44.7 Å². The maximum absolute atomic E-state index is 13.5. The number of nitrogens with two attached hydrogens (primary N) is 1. The second-order valence-electron chi connectivity index (χ2n) is 6.48. The molecule has 0 amide bonds. The summed E-state index contributed by atoms with van der Waals surface area (Å²) >= 11 is 0. The molecule has 0 aromatic heterocycles. The maximum atomic E-state index is 13.5. The normalized spacial score (nSPS) is 25.3. The highest BCUT2D eigenvalue weighted by molar-refractivity contribution is 5.56. The molecule has 1 aromatic carbocycles. The summed E-state index contributed by atoms with van der Waals surface area (Å²) in [5.74, 6) is -0.196. The monoisotopic (exact) mass is 291 g/mol. The fraction of sp³-hybridized carbons (Fsp3) is 0.647. The largest absolute Gasteiger partial charge is 0.370 e. The van der Waals surface area contributed by atoms with Crippen molar-refractivity contribution in [3.63, 3.8) is 0 Å². The number of piperidine rings is 1. The van der Waals surface area contributed by atoms with Gasteiger partial charge in [0.15, 0.2) is 0 Å². The van der Waals surface area contributed by atoms with Crippen LogP contribution in [0.4, 0.5) is 10.1 Å². The van der Waals surface area contributed by atoms with Crippen LogP contribution in [0.3, 0.4) is 0 Å². The molecule has 3 nitrogen and oxygen atoms in total. The average molecular weight is 291 g/mol. The SMILES string of the molecule is C[C@H](N)c1cc(F)ccc1N1CCC(N2CCCCC2)C1. The molecule has 0 aliphatic carbocycles. The van der Waals surface area contributed by atoms with Crippen molar-refractivity contribution in [2.24, 2.45) is 5.73 Å². The molecule has 0 spiro atoms. The van der Waals surface area contributed by atoms with E-state index in [1.54, 1.807) is 12.1 Å². The zero-order chi connectivity index (χ0) is 14.8. The minimum absolute atomic E-state index is 0.135. The number of nitrogens with zero attached hydrogens (tertiary/aromatic N) is 2. The predicted molar refractivity (Wildman–Crippen MR) is 85.0 cm³/mol. The first-order chi connectivity index (χ1) is 10.1. The van der Waals surface area contributed by atoms with E-state index in [1.165, 1.54) is 38.8 Å². The summed E-state index contributed by atoms with van der Waals surface area (Å²) in [5.41, 5.74) is 8.07. The molecule has 1 aromatic rings. The Morgan fingerprint density at radius 3 is 2.67 bits per heavy atom. The molecule has 116 valence electrons. The zero-order valence-electron chi connectivity index (χ0n) is 12.9. The van der Waals surface area contributed by atoms with Gasteiger partial charge in [0.05, 0.1) is 0 Å². The molecule has 4 heteroatoms. The van der Waals surface area contributed by atoms with Gasteiger partial charge < -0.3 is 10.6 Å². The number of hydrogen-bond acceptors (Lipinski definition) is 3. The quantitative estimate of drug-likeness (QED) is 0.929. The Kier molecular flexibility index (Phi) is 4.45. The third kappa shape index (κ3) is 3.22. The van der Waals surface area contributed by atoms with Crippen LogP contribution in [-0.2, 0) is 0 Å². The second-order valence-corrected chi connectivity index (χ2v) is 6.48. The summed E-state index contributed by atoms with van der Waals surface area (Å²) in [6, 6.07) is 5.55. The fourth-order valence-electron chi connectivity index (χ4n) is 3.72. The van der Waals surface area contributed by atoms with Gasteiger partial charge in [-0.3, -0.25) is 4.90 Å². The van der Waals surface area contributed by atoms with Crippen molar-refractivity contribution in [3.8, 4) is 0 Å². The molecule has 21 heavy (non-hydrogen) atoms. The van der Waals surface area contributed by atoms with Crippen molar-refractivity contribution in [1.29, 1.82) is 0 Å². The van der Waals surface area contributed by atoms with Gasteiger partial charge in [0, 0.05) is 30.9 Å². The molecule has 0 radical (unpaired) electrons. The molecule has 3 rings (SSSR count). The van der Waals surface area contributed by atoms with E-state index in [2.05, 4.69) is 9.80 Å². The highest BCUT2D eigenvalue weighted by atomic mass is 19.1. The zero-order valence-corrected chi connectivity index (χ0v) is 12.9. The molecule has 0 saturated carbocycles. The fourth-order valence-corrected chi connectivity index (χ4v) is 3.72. The highest BCUT2D eigenvalue weighted by Crippen LogP contribution is 2.30. The predicted octanol–water partition coefficient (Wildman–Crippen LogP) is 2.91. The number of likely N-dealkylation sites (tertiary alicyclic amines) is 1. The molecule has 2 heterocycles. The Morgan fingerprint density at radius 1 is 1.19 bits per heavy atom. The highest BCUT2D eigenvalue weighted by Gasteiger charge is 2.29. The Morgan fingerprint density at radius 2 is 1.95 bits per heavy atom. The first-order valence-electron chi connectivity index (χ1n) is 8.19. The van der Waals surface area contributed by atoms with Crippen LogP contribution in [0, 0.1) is 5.82 Å². The van der Waals surface area contributed by atoms with Crippen molar-refractivity contribution >= 4 is 5.69 Å². The summed E-state index contributed by atoms with van der Waals surface area (Å²) in [6.45, 7) is 6.50. The Bertz CT molecular complexity index is 483. The van der Waals surface area contributed by atoms with Crippen LogP contribution >= 0.6 is 0 Å². The lowest BCUT2D eigenvalue weighted by Crippen LogP contribution is -2.41. The molecule has 2 fully saturated rings. The van der Waals surface area contributed by atoms with Gasteiger partial charge in [-0.05, 0) is 63.0 Å². The van der Waals surface area contributed by atoms with Crippen LogP contribution in [0.25, 0.3) is 0 Å². The molecule has 2 aliphatic heterocycles. The van der Waals surface area contributed by atoms with E-state index in [1.807, 2.05) is 13.0 Å². The van der Waals surface area contributed by atoms with Crippen molar-refractivity contribution in [2.75, 3.05) is 31.1 Å². The van der Waals surface area contributed by atoms with Gasteiger partial charge in [-0.2, -0.15) is 0 Å². The van der Waals surface area contributed by atoms with Gasteiger partial charge in [-0.25, -0.2) is 4.39 Å². The van der Waals surface area contributed by atoms with E-state index < -0.39 is 0 Å². The minimum Gasteiger partial charge on any atom is -0.370 e. The molecule has 2 N–H and O–H groups in total. The van der Waals surface area contributed by atoms with Gasteiger partial charge in [-0.1, -0.05) is 6.42 Å². The molecule has 1 unspecified atom stereocenters. The number of halogens is 1. The third-order valence-corrected chi connectivity index (χ3v) is 4.89. The topological polar surface area (TPSA) is 32.5 Å². The van der Waals surface area contributed by atoms with E-state index in [4.69, 9.17) is 5.73 Å². The van der Waals surface area contributed by atoms with E-state index in [0.717, 1.165) is 24.3 Å². The number of benzene rings is 1. The Balaban J connectivity index is 1.73. The lowest BCUT2D eigenvalue weighted by molar-refractivity contribution is 0.175. The lowest BCUT2D eigenvalue weighted by Gasteiger charge is -2.32. The lowest BCUT2D eigenvalue weighted by atomic mass is 10.1. The van der Waals surface area contributed by atoms with E-state index in [-0.39, 0.29) is 11.9 Å². The number of hydrogen-bond donors (Lipinski definition) is 1. The van der Waals surface area contributed by atoms with Gasteiger partial charge in [0.25, 0.3) is 0 Å². The molecular formula is C17H26FN3. The average Bonchev–Trinajstić information content (AvgIpc) is 2.97. The summed E-state index contributed by atoms with van der Waals surface area (Å²) in [4.78, 5) is 5.02. The van der Waals surface area contributed by atoms with Crippen molar-refractivity contribution in [3.05, 3.63) is 29.6 Å². The van der Waals surface area contributed by atoms with Gasteiger partial charge in [-0.15, -0.1) is 0 Å². The van der Waals surface area contributed by atoms with E-state index in [0.29, 0.717) is 6.04 Å². The number of rotatable bonds is 3. The summed E-state index contributed by atoms with van der Waals surface area (Å²) in [7, 11) is 0. The van der Waals surface area contributed by atoms with Crippen LogP contribution < -0.4 is 10.6 Å². The van der Waals surface area contributed by atoms with Crippen molar-refractivity contribution < 1.29 is 4.39 Å². The number of anilines is 1. The summed E-state index contributed by atoms with van der Waals surface area (Å²) in [5, 5.41) is 0. The summed E-state index contributed by atoms with van der Waals surface area (Å²) < 4.78 is 13.5. The van der Waals surface area contributed by atoms with E-state index >= 15 is 0 Å².